The van der Waals surface area contributed by atoms with Gasteiger partial charge in [-0.2, -0.15) is 0 Å². The summed E-state index contributed by atoms with van der Waals surface area (Å²) < 4.78 is 14.7. The molecule has 1 atom stereocenters. The largest absolute Gasteiger partial charge is 0.328 e. The zero-order valence-corrected chi connectivity index (χ0v) is 10.6. The minimum atomic E-state index is -1.08. The first-order chi connectivity index (χ1) is 8.10. The third-order valence-corrected chi connectivity index (χ3v) is 3.68. The van der Waals surface area contributed by atoms with Crippen molar-refractivity contribution in [2.24, 2.45) is 5.73 Å². The molecule has 1 aliphatic rings. The molecule has 1 fully saturated rings. The molecule has 0 aliphatic heterocycles. The van der Waals surface area contributed by atoms with Crippen LogP contribution in [0.4, 0.5) is 4.39 Å². The lowest BCUT2D eigenvalue weighted by molar-refractivity contribution is 0.106. The molecule has 0 aromatic heterocycles. The summed E-state index contributed by atoms with van der Waals surface area (Å²) in [4.78, 5) is 0. The van der Waals surface area contributed by atoms with Crippen molar-refractivity contribution in [3.63, 3.8) is 0 Å². The fourth-order valence-corrected chi connectivity index (χ4v) is 2.71. The smallest absolute Gasteiger partial charge is 0.136 e. The summed E-state index contributed by atoms with van der Waals surface area (Å²) in [6.07, 6.45) is 5.42. The maximum Gasteiger partial charge on any atom is 0.136 e. The van der Waals surface area contributed by atoms with Crippen molar-refractivity contribution < 1.29 is 4.39 Å². The highest BCUT2D eigenvalue weighted by Gasteiger charge is 2.33. The van der Waals surface area contributed by atoms with E-state index in [1.54, 1.807) is 0 Å². The predicted molar refractivity (Wildman–Crippen MR) is 69.7 cm³/mol. The van der Waals surface area contributed by atoms with Crippen LogP contribution >= 0.6 is 0 Å². The molecule has 0 saturated heterocycles. The minimum absolute atomic E-state index is 0.162. The fraction of sp³-hybridized carbons (Fsp3) is 0.600. The highest BCUT2D eigenvalue weighted by atomic mass is 19.1. The monoisotopic (exact) mass is 235 g/mol. The number of alkyl halides is 1. The van der Waals surface area contributed by atoms with Crippen molar-refractivity contribution in [1.29, 1.82) is 0 Å². The molecule has 1 saturated carbocycles. The molecule has 2 heteroatoms. The second-order valence-corrected chi connectivity index (χ2v) is 5.40. The zero-order valence-electron chi connectivity index (χ0n) is 10.6. The second kappa shape index (κ2) is 5.18. The van der Waals surface area contributed by atoms with Crippen molar-refractivity contribution in [3.8, 4) is 0 Å². The molecule has 2 rings (SSSR count). The molecular formula is C15H22FN. The Bertz CT molecular complexity index is 350. The average Bonchev–Trinajstić information content (AvgIpc) is 2.30. The van der Waals surface area contributed by atoms with Gasteiger partial charge in [0.25, 0.3) is 0 Å². The van der Waals surface area contributed by atoms with Gasteiger partial charge < -0.3 is 5.73 Å². The van der Waals surface area contributed by atoms with Crippen LogP contribution in [0.15, 0.2) is 24.3 Å². The maximum absolute atomic E-state index is 14.7. The van der Waals surface area contributed by atoms with Gasteiger partial charge in [-0.25, -0.2) is 4.39 Å². The van der Waals surface area contributed by atoms with Crippen molar-refractivity contribution in [3.05, 3.63) is 35.4 Å². The first kappa shape index (κ1) is 12.6. The molecule has 0 radical (unpaired) electrons. The molecule has 94 valence electrons. The zero-order chi connectivity index (χ0) is 12.3. The van der Waals surface area contributed by atoms with Gasteiger partial charge in [-0.3, -0.25) is 0 Å². The van der Waals surface area contributed by atoms with E-state index in [2.05, 4.69) is 0 Å². The van der Waals surface area contributed by atoms with E-state index in [0.717, 1.165) is 24.8 Å². The van der Waals surface area contributed by atoms with Gasteiger partial charge in [0.1, 0.15) is 5.67 Å². The van der Waals surface area contributed by atoms with Crippen molar-refractivity contribution >= 4 is 0 Å². The van der Waals surface area contributed by atoms with Gasteiger partial charge in [0.15, 0.2) is 0 Å². The quantitative estimate of drug-likeness (QED) is 0.849. The van der Waals surface area contributed by atoms with E-state index in [4.69, 9.17) is 5.73 Å². The van der Waals surface area contributed by atoms with E-state index in [0.29, 0.717) is 12.8 Å². The number of benzene rings is 1. The van der Waals surface area contributed by atoms with E-state index in [9.17, 15) is 4.39 Å². The van der Waals surface area contributed by atoms with Gasteiger partial charge in [-0.05, 0) is 50.2 Å². The highest BCUT2D eigenvalue weighted by molar-refractivity contribution is 5.28. The summed E-state index contributed by atoms with van der Waals surface area (Å²) in [5, 5.41) is 0. The van der Waals surface area contributed by atoms with Gasteiger partial charge in [0.05, 0.1) is 0 Å². The third-order valence-electron chi connectivity index (χ3n) is 3.68. The van der Waals surface area contributed by atoms with Crippen LogP contribution in [0, 0.1) is 0 Å². The molecular weight excluding hydrogens is 213 g/mol. The first-order valence-electron chi connectivity index (χ1n) is 6.64. The van der Waals surface area contributed by atoms with Crippen LogP contribution in [0.1, 0.15) is 50.2 Å². The normalized spacial score (nSPS) is 21.1. The van der Waals surface area contributed by atoms with Crippen molar-refractivity contribution in [1.82, 2.24) is 0 Å². The predicted octanol–water partition coefficient (Wildman–Crippen LogP) is 3.71. The standard InChI is InChI=1S/C15H22FN/c1-12(17)11-13-5-7-14(8-6-13)15(16)9-3-2-4-10-15/h5-8,12H,2-4,9-11,17H2,1H3. The second-order valence-electron chi connectivity index (χ2n) is 5.40. The van der Waals surface area contributed by atoms with Gasteiger partial charge in [-0.15, -0.1) is 0 Å². The van der Waals surface area contributed by atoms with Gasteiger partial charge in [-0.1, -0.05) is 30.7 Å². The van der Waals surface area contributed by atoms with E-state index in [1.165, 1.54) is 12.0 Å². The van der Waals surface area contributed by atoms with E-state index < -0.39 is 5.67 Å². The molecule has 1 unspecified atom stereocenters. The Hall–Kier alpha value is -0.890. The lowest BCUT2D eigenvalue weighted by atomic mass is 9.81. The molecule has 0 spiro atoms. The van der Waals surface area contributed by atoms with E-state index >= 15 is 0 Å². The van der Waals surface area contributed by atoms with Crippen molar-refractivity contribution in [2.75, 3.05) is 0 Å². The molecule has 1 aromatic rings. The van der Waals surface area contributed by atoms with Crippen LogP contribution in [0.5, 0.6) is 0 Å². The Morgan fingerprint density at radius 1 is 1.18 bits per heavy atom. The Labute approximate surface area is 103 Å². The third kappa shape index (κ3) is 3.06. The number of rotatable bonds is 3. The first-order valence-corrected chi connectivity index (χ1v) is 6.64. The van der Waals surface area contributed by atoms with Crippen LogP contribution in [0.2, 0.25) is 0 Å². The van der Waals surface area contributed by atoms with Crippen LogP contribution < -0.4 is 5.73 Å². The number of hydrogen-bond donors (Lipinski definition) is 1. The molecule has 0 amide bonds. The molecule has 1 aromatic carbocycles. The molecule has 1 nitrogen and oxygen atoms in total. The van der Waals surface area contributed by atoms with Gasteiger partial charge in [0, 0.05) is 6.04 Å². The molecule has 0 bridgehead atoms. The molecule has 17 heavy (non-hydrogen) atoms. The lowest BCUT2D eigenvalue weighted by Crippen LogP contribution is -2.23. The van der Waals surface area contributed by atoms with Crippen LogP contribution in [0.25, 0.3) is 0 Å². The van der Waals surface area contributed by atoms with Crippen LogP contribution in [0.3, 0.4) is 0 Å². The Morgan fingerprint density at radius 3 is 2.29 bits per heavy atom. The van der Waals surface area contributed by atoms with E-state index in [1.807, 2.05) is 31.2 Å². The fourth-order valence-electron chi connectivity index (χ4n) is 2.71. The highest BCUT2D eigenvalue weighted by Crippen LogP contribution is 2.40. The summed E-state index contributed by atoms with van der Waals surface area (Å²) in [5.74, 6) is 0. The number of halogens is 1. The minimum Gasteiger partial charge on any atom is -0.328 e. The Balaban J connectivity index is 2.11. The summed E-state index contributed by atoms with van der Waals surface area (Å²) in [7, 11) is 0. The Kier molecular flexibility index (Phi) is 3.82. The summed E-state index contributed by atoms with van der Waals surface area (Å²) >= 11 is 0. The SMILES string of the molecule is CC(N)Cc1ccc(C2(F)CCCCC2)cc1. The van der Waals surface area contributed by atoms with Gasteiger partial charge in [0.2, 0.25) is 0 Å². The maximum atomic E-state index is 14.7. The lowest BCUT2D eigenvalue weighted by Gasteiger charge is -2.30. The van der Waals surface area contributed by atoms with E-state index in [-0.39, 0.29) is 6.04 Å². The number of hydrogen-bond acceptors (Lipinski definition) is 1. The summed E-state index contributed by atoms with van der Waals surface area (Å²) in [6, 6.07) is 8.10. The average molecular weight is 235 g/mol. The van der Waals surface area contributed by atoms with Crippen LogP contribution in [-0.4, -0.2) is 6.04 Å². The molecule has 2 N–H and O–H groups in total. The van der Waals surface area contributed by atoms with Gasteiger partial charge >= 0.3 is 0 Å². The van der Waals surface area contributed by atoms with Crippen molar-refractivity contribution in [2.45, 2.75) is 57.2 Å². The molecule has 1 aliphatic carbocycles. The number of nitrogens with two attached hydrogens (primary N) is 1. The summed E-state index contributed by atoms with van der Waals surface area (Å²) in [5.41, 5.74) is 6.73. The molecule has 0 heterocycles. The summed E-state index contributed by atoms with van der Waals surface area (Å²) in [6.45, 7) is 1.99. The Morgan fingerprint density at radius 2 is 1.76 bits per heavy atom. The van der Waals surface area contributed by atoms with Crippen LogP contribution in [-0.2, 0) is 12.1 Å². The topological polar surface area (TPSA) is 26.0 Å².